The van der Waals surface area contributed by atoms with E-state index < -0.39 is 21.1 Å². The molecule has 1 rings (SSSR count). The number of hydrogen-bond donors (Lipinski definition) is 1. The lowest BCUT2D eigenvalue weighted by Crippen LogP contribution is -2.32. The van der Waals surface area contributed by atoms with Gasteiger partial charge in [0.1, 0.15) is 0 Å². The minimum Gasteiger partial charge on any atom is -0.468 e. The SMILES string of the molecule is CCCC(C(=O)OC)S(=O)(=O)Cc1ccc(NCC)cc1. The summed E-state index contributed by atoms with van der Waals surface area (Å²) < 4.78 is 29.4. The van der Waals surface area contributed by atoms with Gasteiger partial charge in [-0.25, -0.2) is 8.42 Å². The Morgan fingerprint density at radius 2 is 1.86 bits per heavy atom. The maximum absolute atomic E-state index is 12.4. The van der Waals surface area contributed by atoms with Crippen molar-refractivity contribution in [3.63, 3.8) is 0 Å². The number of sulfone groups is 1. The smallest absolute Gasteiger partial charge is 0.324 e. The van der Waals surface area contributed by atoms with E-state index in [1.54, 1.807) is 12.1 Å². The van der Waals surface area contributed by atoms with Crippen LogP contribution in [0.15, 0.2) is 24.3 Å². The van der Waals surface area contributed by atoms with Crippen molar-refractivity contribution >= 4 is 21.5 Å². The highest BCUT2D eigenvalue weighted by atomic mass is 32.2. The zero-order chi connectivity index (χ0) is 15.9. The lowest BCUT2D eigenvalue weighted by molar-refractivity contribution is -0.140. The molecular weight excluding hydrogens is 290 g/mol. The topological polar surface area (TPSA) is 72.5 Å². The first-order chi connectivity index (χ1) is 9.94. The van der Waals surface area contributed by atoms with Crippen molar-refractivity contribution < 1.29 is 17.9 Å². The average molecular weight is 313 g/mol. The summed E-state index contributed by atoms with van der Waals surface area (Å²) in [6.45, 7) is 4.64. The summed E-state index contributed by atoms with van der Waals surface area (Å²) in [5.41, 5.74) is 1.61. The van der Waals surface area contributed by atoms with Crippen LogP contribution in [0.5, 0.6) is 0 Å². The van der Waals surface area contributed by atoms with Crippen molar-refractivity contribution in [2.75, 3.05) is 19.0 Å². The molecule has 0 bridgehead atoms. The predicted molar refractivity (Wildman–Crippen MR) is 83.9 cm³/mol. The van der Waals surface area contributed by atoms with E-state index in [4.69, 9.17) is 0 Å². The number of anilines is 1. The molecular formula is C15H23NO4S. The average Bonchev–Trinajstić information content (AvgIpc) is 2.46. The molecule has 118 valence electrons. The molecule has 1 unspecified atom stereocenters. The van der Waals surface area contributed by atoms with Gasteiger partial charge in [-0.3, -0.25) is 4.79 Å². The third kappa shape index (κ3) is 5.04. The van der Waals surface area contributed by atoms with E-state index in [-0.39, 0.29) is 12.2 Å². The van der Waals surface area contributed by atoms with Crippen LogP contribution in [-0.4, -0.2) is 33.3 Å². The van der Waals surface area contributed by atoms with Crippen LogP contribution >= 0.6 is 0 Å². The molecule has 0 heterocycles. The molecule has 0 aliphatic heterocycles. The largest absolute Gasteiger partial charge is 0.468 e. The van der Waals surface area contributed by atoms with E-state index in [9.17, 15) is 13.2 Å². The maximum atomic E-state index is 12.4. The molecule has 0 saturated carbocycles. The molecule has 0 amide bonds. The first-order valence-corrected chi connectivity index (χ1v) is 8.78. The van der Waals surface area contributed by atoms with Crippen LogP contribution in [-0.2, 0) is 25.1 Å². The minimum absolute atomic E-state index is 0.154. The number of benzene rings is 1. The normalized spacial score (nSPS) is 12.7. The number of ether oxygens (including phenoxy) is 1. The fraction of sp³-hybridized carbons (Fsp3) is 0.533. The van der Waals surface area contributed by atoms with Crippen molar-refractivity contribution in [3.05, 3.63) is 29.8 Å². The second-order valence-electron chi connectivity index (χ2n) is 4.83. The van der Waals surface area contributed by atoms with Crippen molar-refractivity contribution in [2.45, 2.75) is 37.7 Å². The van der Waals surface area contributed by atoms with E-state index in [2.05, 4.69) is 10.1 Å². The third-order valence-electron chi connectivity index (χ3n) is 3.15. The highest BCUT2D eigenvalue weighted by Crippen LogP contribution is 2.18. The quantitative estimate of drug-likeness (QED) is 0.746. The van der Waals surface area contributed by atoms with E-state index in [0.29, 0.717) is 12.0 Å². The van der Waals surface area contributed by atoms with Gasteiger partial charge in [-0.2, -0.15) is 0 Å². The number of carbonyl (C=O) groups is 1. The van der Waals surface area contributed by atoms with Crippen molar-refractivity contribution in [3.8, 4) is 0 Å². The molecule has 0 radical (unpaired) electrons. The summed E-state index contributed by atoms with van der Waals surface area (Å²) >= 11 is 0. The second-order valence-corrected chi connectivity index (χ2v) is 7.02. The molecule has 21 heavy (non-hydrogen) atoms. The number of esters is 1. The molecule has 1 atom stereocenters. The molecule has 0 fully saturated rings. The fourth-order valence-electron chi connectivity index (χ4n) is 2.09. The molecule has 0 saturated heterocycles. The Kier molecular flexibility index (Phi) is 6.68. The zero-order valence-corrected chi connectivity index (χ0v) is 13.6. The predicted octanol–water partition coefficient (Wildman–Crippen LogP) is 2.37. The van der Waals surface area contributed by atoms with Gasteiger partial charge in [0.05, 0.1) is 12.9 Å². The molecule has 1 aromatic carbocycles. The standard InChI is InChI=1S/C15H23NO4S/c1-4-6-14(15(17)20-3)21(18,19)11-12-7-9-13(10-8-12)16-5-2/h7-10,14,16H,4-6,11H2,1-3H3. The number of methoxy groups -OCH3 is 1. The first kappa shape index (κ1) is 17.5. The lowest BCUT2D eigenvalue weighted by atomic mass is 10.2. The van der Waals surface area contributed by atoms with Gasteiger partial charge < -0.3 is 10.1 Å². The van der Waals surface area contributed by atoms with Gasteiger partial charge in [-0.1, -0.05) is 25.5 Å². The molecule has 1 N–H and O–H groups in total. The van der Waals surface area contributed by atoms with Crippen LogP contribution in [0.3, 0.4) is 0 Å². The van der Waals surface area contributed by atoms with E-state index >= 15 is 0 Å². The Balaban J connectivity index is 2.89. The molecule has 5 nitrogen and oxygen atoms in total. The summed E-state index contributed by atoms with van der Waals surface area (Å²) in [7, 11) is -2.35. The Morgan fingerprint density at radius 1 is 1.24 bits per heavy atom. The highest BCUT2D eigenvalue weighted by Gasteiger charge is 2.32. The third-order valence-corrected chi connectivity index (χ3v) is 5.18. The van der Waals surface area contributed by atoms with Crippen molar-refractivity contribution in [1.29, 1.82) is 0 Å². The van der Waals surface area contributed by atoms with Crippen molar-refractivity contribution in [2.24, 2.45) is 0 Å². The van der Waals surface area contributed by atoms with Gasteiger partial charge in [0.25, 0.3) is 0 Å². The zero-order valence-electron chi connectivity index (χ0n) is 12.8. The van der Waals surface area contributed by atoms with Crippen LogP contribution in [0.25, 0.3) is 0 Å². The highest BCUT2D eigenvalue weighted by molar-refractivity contribution is 7.92. The van der Waals surface area contributed by atoms with Gasteiger partial charge in [0.15, 0.2) is 15.1 Å². The monoisotopic (exact) mass is 313 g/mol. The minimum atomic E-state index is -3.57. The summed E-state index contributed by atoms with van der Waals surface area (Å²) in [4.78, 5) is 11.7. The fourth-order valence-corrected chi connectivity index (χ4v) is 3.94. The van der Waals surface area contributed by atoms with Crippen LogP contribution < -0.4 is 5.32 Å². The summed E-state index contributed by atoms with van der Waals surface area (Å²) in [6, 6.07) is 7.19. The van der Waals surface area contributed by atoms with E-state index in [1.165, 1.54) is 7.11 Å². The van der Waals surface area contributed by atoms with Crippen molar-refractivity contribution in [1.82, 2.24) is 0 Å². The van der Waals surface area contributed by atoms with Crippen LogP contribution in [0.2, 0.25) is 0 Å². The number of rotatable bonds is 8. The van der Waals surface area contributed by atoms with Crippen LogP contribution in [0.1, 0.15) is 32.3 Å². The number of nitrogens with one attached hydrogen (secondary N) is 1. The van der Waals surface area contributed by atoms with Crippen LogP contribution in [0.4, 0.5) is 5.69 Å². The maximum Gasteiger partial charge on any atom is 0.324 e. The summed E-state index contributed by atoms with van der Waals surface area (Å²) in [5, 5.41) is 2.06. The number of carbonyl (C=O) groups excluding carboxylic acids is 1. The van der Waals surface area contributed by atoms with Crippen LogP contribution in [0, 0.1) is 0 Å². The number of hydrogen-bond acceptors (Lipinski definition) is 5. The lowest BCUT2D eigenvalue weighted by Gasteiger charge is -2.15. The molecule has 0 aromatic heterocycles. The Morgan fingerprint density at radius 3 is 2.33 bits per heavy atom. The van der Waals surface area contributed by atoms with E-state index in [1.807, 2.05) is 26.0 Å². The molecule has 0 aliphatic rings. The summed E-state index contributed by atoms with van der Waals surface area (Å²) in [5.74, 6) is -0.833. The van der Waals surface area contributed by atoms with E-state index in [0.717, 1.165) is 12.2 Å². The van der Waals surface area contributed by atoms with Gasteiger partial charge >= 0.3 is 5.97 Å². The molecule has 1 aromatic rings. The molecule has 0 spiro atoms. The van der Waals surface area contributed by atoms with Gasteiger partial charge in [0.2, 0.25) is 0 Å². The van der Waals surface area contributed by atoms with Gasteiger partial charge in [-0.15, -0.1) is 0 Å². The Bertz CT molecular complexity index is 552. The second kappa shape index (κ2) is 8.02. The summed E-state index contributed by atoms with van der Waals surface area (Å²) in [6.07, 6.45) is 0.892. The Hall–Kier alpha value is -1.56. The first-order valence-electron chi connectivity index (χ1n) is 7.06. The molecule has 6 heteroatoms. The van der Waals surface area contributed by atoms with Gasteiger partial charge in [-0.05, 0) is 31.0 Å². The van der Waals surface area contributed by atoms with Gasteiger partial charge in [0, 0.05) is 12.2 Å². The molecule has 0 aliphatic carbocycles. The Labute approximate surface area is 126 Å².